The van der Waals surface area contributed by atoms with Gasteiger partial charge in [0.15, 0.2) is 0 Å². The molecule has 1 aromatic rings. The van der Waals surface area contributed by atoms with Crippen molar-refractivity contribution in [1.82, 2.24) is 9.78 Å². The summed E-state index contributed by atoms with van der Waals surface area (Å²) in [6.07, 6.45) is 9.05. The van der Waals surface area contributed by atoms with Crippen LogP contribution in [0.2, 0.25) is 0 Å². The maximum Gasteiger partial charge on any atom is 0.267 e. The third-order valence-corrected chi connectivity index (χ3v) is 4.66. The lowest BCUT2D eigenvalue weighted by atomic mass is 9.98. The van der Waals surface area contributed by atoms with Gasteiger partial charge in [0, 0.05) is 9.64 Å². The number of ether oxygens (including phenoxy) is 1. The molecule has 3 rings (SSSR count). The predicted octanol–water partition coefficient (Wildman–Crippen LogP) is 2.34. The van der Waals surface area contributed by atoms with Gasteiger partial charge in [-0.3, -0.25) is 4.79 Å². The number of rotatable bonds is 2. The molecule has 1 aliphatic heterocycles. The Morgan fingerprint density at radius 1 is 1.44 bits per heavy atom. The first kappa shape index (κ1) is 12.6. The van der Waals surface area contributed by atoms with E-state index in [2.05, 4.69) is 27.7 Å². The van der Waals surface area contributed by atoms with E-state index in [1.807, 2.05) is 0 Å². The largest absolute Gasteiger partial charge is 0.370 e. The first-order valence-corrected chi connectivity index (χ1v) is 7.65. The SMILES string of the molecule is O=c1cc(I)cnn1CC1CCC2(CCCC2)O1. The van der Waals surface area contributed by atoms with E-state index in [-0.39, 0.29) is 17.3 Å². The van der Waals surface area contributed by atoms with E-state index in [1.165, 1.54) is 30.4 Å². The lowest BCUT2D eigenvalue weighted by molar-refractivity contribution is -0.0433. The van der Waals surface area contributed by atoms with Gasteiger partial charge in [0.1, 0.15) is 0 Å². The quantitative estimate of drug-likeness (QED) is 0.761. The number of aromatic nitrogens is 2. The molecule has 2 heterocycles. The highest BCUT2D eigenvalue weighted by Gasteiger charge is 2.42. The second kappa shape index (κ2) is 4.92. The molecule has 0 radical (unpaired) electrons. The van der Waals surface area contributed by atoms with Gasteiger partial charge in [-0.2, -0.15) is 5.10 Å². The van der Waals surface area contributed by atoms with Gasteiger partial charge in [0.05, 0.1) is 24.4 Å². The van der Waals surface area contributed by atoms with Gasteiger partial charge in [-0.05, 0) is 48.3 Å². The second-order valence-corrected chi connectivity index (χ2v) is 6.61. The van der Waals surface area contributed by atoms with Gasteiger partial charge in [-0.1, -0.05) is 12.8 Å². The summed E-state index contributed by atoms with van der Waals surface area (Å²) in [4.78, 5) is 11.8. The van der Waals surface area contributed by atoms with E-state index >= 15 is 0 Å². The van der Waals surface area contributed by atoms with E-state index in [0.29, 0.717) is 6.54 Å². The molecular weight excluding hydrogens is 343 g/mol. The zero-order valence-corrected chi connectivity index (χ0v) is 12.4. The van der Waals surface area contributed by atoms with Crippen LogP contribution in [0.3, 0.4) is 0 Å². The van der Waals surface area contributed by atoms with Crippen LogP contribution in [0, 0.1) is 3.57 Å². The first-order chi connectivity index (χ1) is 8.67. The highest BCUT2D eigenvalue weighted by atomic mass is 127. The maximum atomic E-state index is 11.8. The number of nitrogens with zero attached hydrogens (tertiary/aromatic N) is 2. The fourth-order valence-corrected chi connectivity index (χ4v) is 3.54. The van der Waals surface area contributed by atoms with Gasteiger partial charge >= 0.3 is 0 Å². The molecule has 18 heavy (non-hydrogen) atoms. The summed E-state index contributed by atoms with van der Waals surface area (Å²) in [6, 6.07) is 1.62. The molecule has 1 unspecified atom stereocenters. The Kier molecular flexibility index (Phi) is 3.44. The molecule has 0 aromatic carbocycles. The van der Waals surface area contributed by atoms with E-state index in [1.54, 1.807) is 12.3 Å². The highest BCUT2D eigenvalue weighted by Crippen LogP contribution is 2.43. The van der Waals surface area contributed by atoms with Crippen LogP contribution < -0.4 is 5.56 Å². The van der Waals surface area contributed by atoms with Crippen LogP contribution in [-0.4, -0.2) is 21.5 Å². The molecule has 4 nitrogen and oxygen atoms in total. The highest BCUT2D eigenvalue weighted by molar-refractivity contribution is 14.1. The average Bonchev–Trinajstić information content (AvgIpc) is 2.94. The van der Waals surface area contributed by atoms with Gasteiger partial charge < -0.3 is 4.74 Å². The molecule has 2 fully saturated rings. The minimum absolute atomic E-state index is 0.0297. The van der Waals surface area contributed by atoms with Gasteiger partial charge in [0.25, 0.3) is 5.56 Å². The summed E-state index contributed by atoms with van der Waals surface area (Å²) in [5, 5.41) is 4.17. The van der Waals surface area contributed by atoms with Crippen molar-refractivity contribution in [2.24, 2.45) is 0 Å². The molecule has 5 heteroatoms. The van der Waals surface area contributed by atoms with Crippen LogP contribution in [0.15, 0.2) is 17.1 Å². The van der Waals surface area contributed by atoms with Crippen LogP contribution in [0.4, 0.5) is 0 Å². The minimum atomic E-state index is -0.0297. The lowest BCUT2D eigenvalue weighted by Crippen LogP contribution is -2.31. The molecule has 1 saturated heterocycles. The van der Waals surface area contributed by atoms with Crippen LogP contribution >= 0.6 is 22.6 Å². The molecule has 1 atom stereocenters. The van der Waals surface area contributed by atoms with Crippen LogP contribution in [0.1, 0.15) is 38.5 Å². The van der Waals surface area contributed by atoms with Crippen LogP contribution in [0.5, 0.6) is 0 Å². The monoisotopic (exact) mass is 360 g/mol. The Hall–Kier alpha value is -0.430. The number of hydrogen-bond acceptors (Lipinski definition) is 3. The molecule has 1 spiro atoms. The molecular formula is C13H17IN2O2. The van der Waals surface area contributed by atoms with Gasteiger partial charge in [-0.15, -0.1) is 0 Å². The van der Waals surface area contributed by atoms with Crippen molar-refractivity contribution in [2.75, 3.05) is 0 Å². The van der Waals surface area contributed by atoms with Gasteiger partial charge in [-0.25, -0.2) is 4.68 Å². The molecule has 98 valence electrons. The Bertz CT molecular complexity index is 494. The van der Waals surface area contributed by atoms with Crippen LogP contribution in [-0.2, 0) is 11.3 Å². The second-order valence-electron chi connectivity index (χ2n) is 5.36. The minimum Gasteiger partial charge on any atom is -0.370 e. The fourth-order valence-electron chi connectivity index (χ4n) is 3.15. The fraction of sp³-hybridized carbons (Fsp3) is 0.692. The topological polar surface area (TPSA) is 44.1 Å². The van der Waals surface area contributed by atoms with Crippen molar-refractivity contribution < 1.29 is 4.74 Å². The van der Waals surface area contributed by atoms with Crippen LogP contribution in [0.25, 0.3) is 0 Å². The molecule has 1 aromatic heterocycles. The predicted molar refractivity (Wildman–Crippen MR) is 76.5 cm³/mol. The van der Waals surface area contributed by atoms with E-state index < -0.39 is 0 Å². The molecule has 1 aliphatic carbocycles. The normalized spacial score (nSPS) is 25.9. The zero-order valence-electron chi connectivity index (χ0n) is 10.3. The van der Waals surface area contributed by atoms with Gasteiger partial charge in [0.2, 0.25) is 0 Å². The zero-order chi connectivity index (χ0) is 12.6. The van der Waals surface area contributed by atoms with Crippen molar-refractivity contribution in [1.29, 1.82) is 0 Å². The summed E-state index contributed by atoms with van der Waals surface area (Å²) in [7, 11) is 0. The Morgan fingerprint density at radius 3 is 2.94 bits per heavy atom. The van der Waals surface area contributed by atoms with Crippen molar-refractivity contribution in [3.63, 3.8) is 0 Å². The Morgan fingerprint density at radius 2 is 2.22 bits per heavy atom. The van der Waals surface area contributed by atoms with E-state index in [0.717, 1.165) is 16.4 Å². The molecule has 0 bridgehead atoms. The Balaban J connectivity index is 1.69. The summed E-state index contributed by atoms with van der Waals surface area (Å²) in [6.45, 7) is 0.595. The van der Waals surface area contributed by atoms with Crippen molar-refractivity contribution in [3.8, 4) is 0 Å². The summed E-state index contributed by atoms with van der Waals surface area (Å²) >= 11 is 2.11. The third kappa shape index (κ3) is 2.47. The van der Waals surface area contributed by atoms with Crippen molar-refractivity contribution in [3.05, 3.63) is 26.2 Å². The molecule has 2 aliphatic rings. The lowest BCUT2D eigenvalue weighted by Gasteiger charge is -2.23. The standard InChI is InChI=1S/C13H17IN2O2/c14-10-7-12(17)16(15-8-10)9-11-3-6-13(18-11)4-1-2-5-13/h7-8,11H,1-6,9H2. The number of hydrogen-bond donors (Lipinski definition) is 0. The van der Waals surface area contributed by atoms with E-state index in [9.17, 15) is 4.79 Å². The molecule has 1 saturated carbocycles. The summed E-state index contributed by atoms with van der Waals surface area (Å²) in [5.74, 6) is 0. The number of halogens is 1. The first-order valence-electron chi connectivity index (χ1n) is 6.57. The van der Waals surface area contributed by atoms with E-state index in [4.69, 9.17) is 4.74 Å². The Labute approximate surface area is 120 Å². The van der Waals surface area contributed by atoms with Crippen molar-refractivity contribution >= 4 is 22.6 Å². The third-order valence-electron chi connectivity index (χ3n) is 4.07. The summed E-state index contributed by atoms with van der Waals surface area (Å²) in [5.41, 5.74) is 0.107. The smallest absolute Gasteiger partial charge is 0.267 e. The van der Waals surface area contributed by atoms with Crippen molar-refractivity contribution in [2.45, 2.75) is 56.8 Å². The molecule has 0 amide bonds. The maximum absolute atomic E-state index is 11.8. The average molecular weight is 360 g/mol. The molecule has 0 N–H and O–H groups in total. The summed E-state index contributed by atoms with van der Waals surface area (Å²) < 4.78 is 8.61.